The molecule has 1 saturated carbocycles. The van der Waals surface area contributed by atoms with Gasteiger partial charge in [0.2, 0.25) is 0 Å². The molecule has 0 bridgehead atoms. The van der Waals surface area contributed by atoms with Crippen LogP contribution in [0.15, 0.2) is 22.7 Å². The van der Waals surface area contributed by atoms with Crippen LogP contribution >= 0.6 is 15.9 Å². The summed E-state index contributed by atoms with van der Waals surface area (Å²) in [6, 6.07) is 5.82. The minimum absolute atomic E-state index is 0.0604. The van der Waals surface area contributed by atoms with E-state index in [1.165, 1.54) is 25.7 Å². The van der Waals surface area contributed by atoms with Crippen LogP contribution in [0.1, 0.15) is 37.3 Å². The van der Waals surface area contributed by atoms with Gasteiger partial charge in [-0.2, -0.15) is 0 Å². The number of halogens is 2. The second-order valence-electron chi connectivity index (χ2n) is 5.94. The molecule has 0 unspecified atom stereocenters. The summed E-state index contributed by atoms with van der Waals surface area (Å²) in [5.74, 6) is 0.554. The molecule has 0 amide bonds. The molecule has 110 valence electrons. The highest BCUT2D eigenvalue weighted by Gasteiger charge is 2.33. The molecule has 0 aromatic heterocycles. The van der Waals surface area contributed by atoms with Crippen molar-refractivity contribution in [2.75, 3.05) is 26.2 Å². The minimum Gasteiger partial charge on any atom is -0.314 e. The predicted molar refractivity (Wildman–Crippen MR) is 83.2 cm³/mol. The fraction of sp³-hybridized carbons (Fsp3) is 0.625. The number of nitrogens with zero attached hydrogens (tertiary/aromatic N) is 1. The van der Waals surface area contributed by atoms with Crippen molar-refractivity contribution in [3.8, 4) is 0 Å². The van der Waals surface area contributed by atoms with Crippen molar-refractivity contribution >= 4 is 15.9 Å². The van der Waals surface area contributed by atoms with Gasteiger partial charge in [0.15, 0.2) is 0 Å². The zero-order chi connectivity index (χ0) is 13.9. The average molecular weight is 341 g/mol. The lowest BCUT2D eigenvalue weighted by molar-refractivity contribution is 0.122. The lowest BCUT2D eigenvalue weighted by Crippen LogP contribution is -2.46. The van der Waals surface area contributed by atoms with Gasteiger partial charge in [-0.25, -0.2) is 4.39 Å². The van der Waals surface area contributed by atoms with E-state index in [9.17, 15) is 4.39 Å². The summed E-state index contributed by atoms with van der Waals surface area (Å²) in [6.07, 6.45) is 5.07. The molecular weight excluding hydrogens is 319 g/mol. The van der Waals surface area contributed by atoms with Crippen molar-refractivity contribution in [1.82, 2.24) is 10.2 Å². The molecule has 2 nitrogen and oxygen atoms in total. The van der Waals surface area contributed by atoms with Crippen molar-refractivity contribution in [2.45, 2.75) is 31.7 Å². The molecule has 0 radical (unpaired) electrons. The zero-order valence-corrected chi connectivity index (χ0v) is 13.3. The van der Waals surface area contributed by atoms with E-state index in [1.807, 2.05) is 12.1 Å². The Balaban J connectivity index is 1.90. The molecule has 1 N–H and O–H groups in total. The highest BCUT2D eigenvalue weighted by atomic mass is 79.9. The Morgan fingerprint density at radius 3 is 2.55 bits per heavy atom. The summed E-state index contributed by atoms with van der Waals surface area (Å²) in [4.78, 5) is 2.48. The first-order valence-corrected chi connectivity index (χ1v) is 8.45. The standard InChI is InChI=1S/C16H22BrFN2/c17-13-5-6-14(15(18)11-13)16(12-3-1-2-4-12)20-9-7-19-8-10-20/h5-6,11-12,16,19H,1-4,7-10H2/t16-/m0/s1. The van der Waals surface area contributed by atoms with Crippen molar-refractivity contribution in [3.63, 3.8) is 0 Å². The van der Waals surface area contributed by atoms with Crippen molar-refractivity contribution in [2.24, 2.45) is 5.92 Å². The lowest BCUT2D eigenvalue weighted by atomic mass is 9.89. The topological polar surface area (TPSA) is 15.3 Å². The number of benzene rings is 1. The van der Waals surface area contributed by atoms with Crippen molar-refractivity contribution in [1.29, 1.82) is 0 Å². The molecule has 1 saturated heterocycles. The van der Waals surface area contributed by atoms with E-state index in [4.69, 9.17) is 0 Å². The Hall–Kier alpha value is -0.450. The first kappa shape index (κ1) is 14.5. The van der Waals surface area contributed by atoms with Crippen molar-refractivity contribution < 1.29 is 4.39 Å². The lowest BCUT2D eigenvalue weighted by Gasteiger charge is -2.38. The summed E-state index contributed by atoms with van der Waals surface area (Å²) in [5.41, 5.74) is 0.891. The largest absolute Gasteiger partial charge is 0.314 e. The summed E-state index contributed by atoms with van der Waals surface area (Å²) in [7, 11) is 0. The van der Waals surface area contributed by atoms with Crippen LogP contribution in [-0.2, 0) is 0 Å². The van der Waals surface area contributed by atoms with E-state index in [0.29, 0.717) is 5.92 Å². The SMILES string of the molecule is Fc1cc(Br)ccc1[C@H](C1CCCC1)N1CCNCC1. The van der Waals surface area contributed by atoms with Gasteiger partial charge >= 0.3 is 0 Å². The Bertz CT molecular complexity index is 454. The van der Waals surface area contributed by atoms with Crippen LogP contribution in [-0.4, -0.2) is 31.1 Å². The molecule has 1 aliphatic carbocycles. The van der Waals surface area contributed by atoms with Crippen LogP contribution < -0.4 is 5.32 Å². The Morgan fingerprint density at radius 2 is 1.90 bits per heavy atom. The third kappa shape index (κ3) is 3.07. The van der Waals surface area contributed by atoms with Crippen LogP contribution in [0.2, 0.25) is 0 Å². The molecule has 1 aliphatic heterocycles. The van der Waals surface area contributed by atoms with E-state index >= 15 is 0 Å². The number of hydrogen-bond donors (Lipinski definition) is 1. The quantitative estimate of drug-likeness (QED) is 0.901. The number of hydrogen-bond acceptors (Lipinski definition) is 2. The molecular formula is C16H22BrFN2. The fourth-order valence-electron chi connectivity index (χ4n) is 3.72. The van der Waals surface area contributed by atoms with Gasteiger partial charge in [-0.1, -0.05) is 34.8 Å². The number of nitrogens with one attached hydrogen (secondary N) is 1. The van der Waals surface area contributed by atoms with E-state index in [0.717, 1.165) is 36.2 Å². The maximum atomic E-state index is 14.4. The molecule has 1 aromatic rings. The molecule has 1 atom stereocenters. The summed E-state index contributed by atoms with van der Waals surface area (Å²) in [6.45, 7) is 4.08. The Labute approximate surface area is 128 Å². The van der Waals surface area contributed by atoms with E-state index < -0.39 is 0 Å². The zero-order valence-electron chi connectivity index (χ0n) is 11.7. The highest BCUT2D eigenvalue weighted by Crippen LogP contribution is 2.40. The van der Waals surface area contributed by atoms with Gasteiger partial charge in [0.1, 0.15) is 5.82 Å². The van der Waals surface area contributed by atoms with E-state index in [1.54, 1.807) is 6.07 Å². The maximum absolute atomic E-state index is 14.4. The number of piperazine rings is 1. The molecule has 1 heterocycles. The fourth-order valence-corrected chi connectivity index (χ4v) is 4.06. The molecule has 4 heteroatoms. The first-order chi connectivity index (χ1) is 9.75. The monoisotopic (exact) mass is 340 g/mol. The maximum Gasteiger partial charge on any atom is 0.129 e. The molecule has 2 fully saturated rings. The second-order valence-corrected chi connectivity index (χ2v) is 6.86. The summed E-state index contributed by atoms with van der Waals surface area (Å²) >= 11 is 3.36. The van der Waals surface area contributed by atoms with Crippen molar-refractivity contribution in [3.05, 3.63) is 34.1 Å². The second kappa shape index (κ2) is 6.54. The van der Waals surface area contributed by atoms with Gasteiger partial charge in [0.25, 0.3) is 0 Å². The van der Waals surface area contributed by atoms with E-state index in [2.05, 4.69) is 26.1 Å². The van der Waals surface area contributed by atoms with Gasteiger partial charge < -0.3 is 5.32 Å². The average Bonchev–Trinajstić information content (AvgIpc) is 2.97. The summed E-state index contributed by atoms with van der Waals surface area (Å²) in [5, 5.41) is 3.39. The van der Waals surface area contributed by atoms with Crippen LogP contribution in [0, 0.1) is 11.7 Å². The Kier molecular flexibility index (Phi) is 4.74. The van der Waals surface area contributed by atoms with Gasteiger partial charge in [-0.3, -0.25) is 4.90 Å². The normalized spacial score (nSPS) is 23.1. The van der Waals surface area contributed by atoms with Gasteiger partial charge in [-0.05, 0) is 30.9 Å². The van der Waals surface area contributed by atoms with Gasteiger partial charge in [0, 0.05) is 42.3 Å². The van der Waals surface area contributed by atoms with Crippen LogP contribution in [0.5, 0.6) is 0 Å². The highest BCUT2D eigenvalue weighted by molar-refractivity contribution is 9.10. The first-order valence-electron chi connectivity index (χ1n) is 7.65. The predicted octanol–water partition coefficient (Wildman–Crippen LogP) is 3.72. The van der Waals surface area contributed by atoms with Crippen LogP contribution in [0.3, 0.4) is 0 Å². The molecule has 1 aromatic carbocycles. The minimum atomic E-state index is -0.0604. The third-order valence-corrected chi connectivity index (χ3v) is 5.17. The van der Waals surface area contributed by atoms with Gasteiger partial charge in [-0.15, -0.1) is 0 Å². The molecule has 2 aliphatic rings. The third-order valence-electron chi connectivity index (χ3n) is 4.67. The van der Waals surface area contributed by atoms with Crippen LogP contribution in [0.25, 0.3) is 0 Å². The smallest absolute Gasteiger partial charge is 0.129 e. The number of rotatable bonds is 3. The van der Waals surface area contributed by atoms with E-state index in [-0.39, 0.29) is 11.9 Å². The van der Waals surface area contributed by atoms with Crippen LogP contribution in [0.4, 0.5) is 4.39 Å². The molecule has 3 rings (SSSR count). The summed E-state index contributed by atoms with van der Waals surface area (Å²) < 4.78 is 15.3. The van der Waals surface area contributed by atoms with Gasteiger partial charge in [0.05, 0.1) is 0 Å². The molecule has 0 spiro atoms. The Morgan fingerprint density at radius 1 is 1.20 bits per heavy atom. The molecule has 20 heavy (non-hydrogen) atoms.